The third-order valence-corrected chi connectivity index (χ3v) is 1.99. The molecule has 0 aromatic heterocycles. The van der Waals surface area contributed by atoms with Crippen LogP contribution in [0.1, 0.15) is 5.56 Å². The number of hydrogen-bond donors (Lipinski definition) is 3. The van der Waals surface area contributed by atoms with Crippen LogP contribution in [-0.2, 0) is 11.3 Å². The number of hydrogen-bond acceptors (Lipinski definition) is 3. The van der Waals surface area contributed by atoms with Gasteiger partial charge in [-0.15, -0.1) is 0 Å². The highest BCUT2D eigenvalue weighted by molar-refractivity contribution is 5.89. The summed E-state index contributed by atoms with van der Waals surface area (Å²) < 4.78 is 4.89. The molecule has 0 unspecified atom stereocenters. The molecule has 1 aromatic rings. The molecule has 1 aromatic carbocycles. The van der Waals surface area contributed by atoms with E-state index in [-0.39, 0.29) is 12.6 Å². The molecule has 0 aliphatic rings. The van der Waals surface area contributed by atoms with Crippen LogP contribution in [0.4, 0.5) is 15.3 Å². The Morgan fingerprint density at radius 2 is 2.00 bits per heavy atom. The number of benzene rings is 1. The lowest BCUT2D eigenvalue weighted by Gasteiger charge is -2.07. The average Bonchev–Trinajstić information content (AvgIpc) is 2.36. The molecule has 0 aliphatic carbocycles. The number of alkyl carbamates (subject to hydrolysis) is 1. The summed E-state index contributed by atoms with van der Waals surface area (Å²) >= 11 is 0. The normalized spacial score (nSPS) is 9.29. The molecular weight excluding hydrogens is 222 g/mol. The minimum absolute atomic E-state index is 0.156. The lowest BCUT2D eigenvalue weighted by atomic mass is 10.2. The Morgan fingerprint density at radius 3 is 2.65 bits per heavy atom. The maximum absolute atomic E-state index is 11.1. The van der Waals surface area contributed by atoms with Crippen molar-refractivity contribution in [3.8, 4) is 0 Å². The molecule has 0 bridgehead atoms. The molecule has 0 aliphatic heterocycles. The van der Waals surface area contributed by atoms with E-state index >= 15 is 0 Å². The summed E-state index contributed by atoms with van der Waals surface area (Å²) in [6.45, 7) is 0.156. The molecule has 0 spiro atoms. The molecule has 0 saturated carbocycles. The second-order valence-electron chi connectivity index (χ2n) is 3.23. The smallest absolute Gasteiger partial charge is 0.407 e. The van der Waals surface area contributed by atoms with Crippen LogP contribution in [0.3, 0.4) is 0 Å². The van der Waals surface area contributed by atoms with Crippen molar-refractivity contribution in [1.82, 2.24) is 10.6 Å². The zero-order valence-electron chi connectivity index (χ0n) is 9.74. The van der Waals surface area contributed by atoms with Crippen molar-refractivity contribution >= 4 is 17.8 Å². The van der Waals surface area contributed by atoms with Crippen molar-refractivity contribution in [3.05, 3.63) is 29.8 Å². The number of urea groups is 1. The first-order chi connectivity index (χ1) is 8.15. The first-order valence-corrected chi connectivity index (χ1v) is 5.08. The quantitative estimate of drug-likeness (QED) is 0.741. The molecule has 3 N–H and O–H groups in total. The molecule has 0 heterocycles. The van der Waals surface area contributed by atoms with Gasteiger partial charge in [-0.1, -0.05) is 12.1 Å². The van der Waals surface area contributed by atoms with E-state index in [9.17, 15) is 9.59 Å². The fraction of sp³-hybridized carbons (Fsp3) is 0.273. The van der Waals surface area contributed by atoms with Gasteiger partial charge in [-0.3, -0.25) is 0 Å². The zero-order chi connectivity index (χ0) is 12.7. The van der Waals surface area contributed by atoms with Crippen LogP contribution < -0.4 is 16.0 Å². The summed E-state index contributed by atoms with van der Waals surface area (Å²) in [5.74, 6) is 0. The molecule has 0 radical (unpaired) electrons. The Bertz CT molecular complexity index is 407. The van der Waals surface area contributed by atoms with Crippen LogP contribution in [0.2, 0.25) is 0 Å². The third kappa shape index (κ3) is 4.42. The fourth-order valence-corrected chi connectivity index (χ4v) is 1.15. The summed E-state index contributed by atoms with van der Waals surface area (Å²) in [5, 5.41) is 7.42. The Balaban J connectivity index is 2.59. The van der Waals surface area contributed by atoms with E-state index in [0.29, 0.717) is 5.69 Å². The van der Waals surface area contributed by atoms with E-state index in [4.69, 9.17) is 4.74 Å². The SMILES string of the molecule is CNC(=O)Nc1cccc(COC(=O)NC)c1. The van der Waals surface area contributed by atoms with E-state index in [1.165, 1.54) is 14.1 Å². The van der Waals surface area contributed by atoms with Crippen LogP contribution in [0.5, 0.6) is 0 Å². The summed E-state index contributed by atoms with van der Waals surface area (Å²) in [4.78, 5) is 22.0. The van der Waals surface area contributed by atoms with Gasteiger partial charge in [0.1, 0.15) is 6.61 Å². The lowest BCUT2D eigenvalue weighted by molar-refractivity contribution is 0.142. The summed E-state index contributed by atoms with van der Waals surface area (Å²) in [6.07, 6.45) is -0.491. The van der Waals surface area contributed by atoms with Crippen LogP contribution in [0.25, 0.3) is 0 Å². The van der Waals surface area contributed by atoms with Gasteiger partial charge in [-0.05, 0) is 17.7 Å². The van der Waals surface area contributed by atoms with Gasteiger partial charge in [-0.25, -0.2) is 9.59 Å². The first kappa shape index (κ1) is 12.8. The van der Waals surface area contributed by atoms with E-state index in [2.05, 4.69) is 16.0 Å². The predicted molar refractivity (Wildman–Crippen MR) is 63.8 cm³/mol. The number of anilines is 1. The number of nitrogens with one attached hydrogen (secondary N) is 3. The lowest BCUT2D eigenvalue weighted by Crippen LogP contribution is -2.24. The van der Waals surface area contributed by atoms with E-state index in [0.717, 1.165) is 5.56 Å². The fourth-order valence-electron chi connectivity index (χ4n) is 1.15. The van der Waals surface area contributed by atoms with E-state index in [1.807, 2.05) is 0 Å². The van der Waals surface area contributed by atoms with Crippen molar-refractivity contribution in [2.45, 2.75) is 6.61 Å². The molecule has 6 nitrogen and oxygen atoms in total. The number of ether oxygens (including phenoxy) is 1. The Morgan fingerprint density at radius 1 is 1.24 bits per heavy atom. The van der Waals surface area contributed by atoms with Gasteiger partial charge in [0.15, 0.2) is 0 Å². The minimum Gasteiger partial charge on any atom is -0.445 e. The minimum atomic E-state index is -0.491. The highest BCUT2D eigenvalue weighted by atomic mass is 16.5. The van der Waals surface area contributed by atoms with Crippen molar-refractivity contribution in [1.29, 1.82) is 0 Å². The van der Waals surface area contributed by atoms with Crippen molar-refractivity contribution in [2.75, 3.05) is 19.4 Å². The van der Waals surface area contributed by atoms with Crippen molar-refractivity contribution in [2.24, 2.45) is 0 Å². The molecule has 92 valence electrons. The van der Waals surface area contributed by atoms with Gasteiger partial charge in [0, 0.05) is 19.8 Å². The van der Waals surface area contributed by atoms with Gasteiger partial charge in [-0.2, -0.15) is 0 Å². The molecule has 0 atom stereocenters. The molecule has 6 heteroatoms. The molecule has 1 rings (SSSR count). The monoisotopic (exact) mass is 237 g/mol. The number of carbonyl (C=O) groups excluding carboxylic acids is 2. The maximum Gasteiger partial charge on any atom is 0.407 e. The molecular formula is C11H15N3O3. The largest absolute Gasteiger partial charge is 0.445 e. The van der Waals surface area contributed by atoms with Crippen LogP contribution in [0, 0.1) is 0 Å². The topological polar surface area (TPSA) is 79.5 Å². The Kier molecular flexibility index (Phi) is 4.80. The molecule has 0 saturated heterocycles. The second kappa shape index (κ2) is 6.37. The molecule has 0 fully saturated rings. The predicted octanol–water partition coefficient (Wildman–Crippen LogP) is 1.29. The van der Waals surface area contributed by atoms with E-state index in [1.54, 1.807) is 24.3 Å². The number of amides is 3. The van der Waals surface area contributed by atoms with Crippen LogP contribution in [0.15, 0.2) is 24.3 Å². The highest BCUT2D eigenvalue weighted by Crippen LogP contribution is 2.11. The Hall–Kier alpha value is -2.24. The van der Waals surface area contributed by atoms with E-state index < -0.39 is 6.09 Å². The molecule has 3 amide bonds. The van der Waals surface area contributed by atoms with Crippen LogP contribution in [-0.4, -0.2) is 26.2 Å². The summed E-state index contributed by atoms with van der Waals surface area (Å²) in [7, 11) is 3.03. The summed E-state index contributed by atoms with van der Waals surface area (Å²) in [6, 6.07) is 6.76. The Labute approximate surface area is 99.3 Å². The average molecular weight is 237 g/mol. The maximum atomic E-state index is 11.1. The highest BCUT2D eigenvalue weighted by Gasteiger charge is 2.02. The van der Waals surface area contributed by atoms with Crippen molar-refractivity contribution < 1.29 is 14.3 Å². The van der Waals surface area contributed by atoms with Gasteiger partial charge in [0.25, 0.3) is 0 Å². The second-order valence-corrected chi connectivity index (χ2v) is 3.23. The third-order valence-electron chi connectivity index (χ3n) is 1.99. The first-order valence-electron chi connectivity index (χ1n) is 5.08. The zero-order valence-corrected chi connectivity index (χ0v) is 9.74. The van der Waals surface area contributed by atoms with Gasteiger partial charge < -0.3 is 20.7 Å². The van der Waals surface area contributed by atoms with Gasteiger partial charge in [0.05, 0.1) is 0 Å². The van der Waals surface area contributed by atoms with Crippen molar-refractivity contribution in [3.63, 3.8) is 0 Å². The van der Waals surface area contributed by atoms with Gasteiger partial charge >= 0.3 is 12.1 Å². The number of rotatable bonds is 3. The molecule has 17 heavy (non-hydrogen) atoms. The summed E-state index contributed by atoms with van der Waals surface area (Å²) in [5.41, 5.74) is 1.44. The standard InChI is InChI=1S/C11H15N3O3/c1-12-10(15)14-9-5-3-4-8(6-9)7-17-11(16)13-2/h3-6H,7H2,1-2H3,(H,13,16)(H2,12,14,15). The number of carbonyl (C=O) groups is 2. The van der Waals surface area contributed by atoms with Crippen LogP contribution >= 0.6 is 0 Å². The van der Waals surface area contributed by atoms with Gasteiger partial charge in [0.2, 0.25) is 0 Å².